The van der Waals surface area contributed by atoms with Gasteiger partial charge in [0.25, 0.3) is 0 Å². The van der Waals surface area contributed by atoms with Gasteiger partial charge in [-0.25, -0.2) is 9.97 Å². The molecule has 4 rings (SSSR count). The number of halogens is 1. The monoisotopic (exact) mass is 404 g/mol. The number of aromatic amines is 1. The zero-order valence-corrected chi connectivity index (χ0v) is 17.0. The average Bonchev–Trinajstić information content (AvgIpc) is 3.09. The molecule has 2 aromatic carbocycles. The highest BCUT2D eigenvalue weighted by Crippen LogP contribution is 2.26. The number of rotatable bonds is 5. The lowest BCUT2D eigenvalue weighted by molar-refractivity contribution is 0.402. The number of fused-ring (bicyclic) bond motifs is 1. The van der Waals surface area contributed by atoms with Gasteiger partial charge < -0.3 is 10.6 Å². The van der Waals surface area contributed by atoms with Crippen LogP contribution >= 0.6 is 11.6 Å². The molecule has 0 atom stereocenters. The molecule has 0 radical (unpaired) electrons. The van der Waals surface area contributed by atoms with Gasteiger partial charge >= 0.3 is 0 Å². The maximum atomic E-state index is 6.45. The van der Waals surface area contributed by atoms with Crippen LogP contribution in [-0.2, 0) is 6.54 Å². The predicted octanol–water partition coefficient (Wildman–Crippen LogP) is 4.49. The lowest BCUT2D eigenvalue weighted by Gasteiger charge is -2.10. The molecule has 29 heavy (non-hydrogen) atoms. The number of nitrogen functional groups attached to an aromatic ring is 1. The second-order valence-corrected chi connectivity index (χ2v) is 7.50. The topological polar surface area (TPSA) is 83.7 Å². The van der Waals surface area contributed by atoms with Crippen molar-refractivity contribution < 1.29 is 0 Å². The van der Waals surface area contributed by atoms with E-state index in [0.29, 0.717) is 0 Å². The first-order chi connectivity index (χ1) is 14.0. The number of hydrogen-bond acceptors (Lipinski definition) is 5. The van der Waals surface area contributed by atoms with Crippen LogP contribution in [0.2, 0.25) is 5.02 Å². The molecule has 0 fully saturated rings. The average molecular weight is 405 g/mol. The first kappa shape index (κ1) is 19.1. The van der Waals surface area contributed by atoms with E-state index in [1.807, 2.05) is 62.6 Å². The van der Waals surface area contributed by atoms with E-state index >= 15 is 0 Å². The summed E-state index contributed by atoms with van der Waals surface area (Å²) in [4.78, 5) is 10.3. The van der Waals surface area contributed by atoms with Crippen molar-refractivity contribution in [1.82, 2.24) is 25.1 Å². The molecule has 0 amide bonds. The van der Waals surface area contributed by atoms with E-state index in [1.165, 1.54) is 5.56 Å². The van der Waals surface area contributed by atoms with Crippen LogP contribution in [0.5, 0.6) is 0 Å². The molecule has 7 heteroatoms. The van der Waals surface area contributed by atoms with Crippen molar-refractivity contribution >= 4 is 40.6 Å². The number of aromatic nitrogens is 4. The van der Waals surface area contributed by atoms with Crippen LogP contribution in [0, 0.1) is 0 Å². The summed E-state index contributed by atoms with van der Waals surface area (Å²) in [6, 6.07) is 14.0. The Morgan fingerprint density at radius 2 is 1.97 bits per heavy atom. The van der Waals surface area contributed by atoms with E-state index in [4.69, 9.17) is 17.3 Å². The molecular weight excluding hydrogens is 384 g/mol. The normalized spacial score (nSPS) is 11.7. The van der Waals surface area contributed by atoms with Crippen molar-refractivity contribution in [3.8, 4) is 11.3 Å². The number of nitrogens with two attached hydrogens (primary N) is 1. The highest BCUT2D eigenvalue weighted by atomic mass is 35.5. The Labute approximate surface area is 174 Å². The molecule has 0 saturated heterocycles. The first-order valence-electron chi connectivity index (χ1n) is 9.18. The van der Waals surface area contributed by atoms with Crippen LogP contribution in [0.4, 0.5) is 5.95 Å². The second-order valence-electron chi connectivity index (χ2n) is 7.10. The molecule has 0 saturated carbocycles. The summed E-state index contributed by atoms with van der Waals surface area (Å²) in [6.45, 7) is 0.855. The fraction of sp³-hybridized carbons (Fsp3) is 0.136. The number of H-pyrrole nitrogens is 1. The van der Waals surface area contributed by atoms with Crippen LogP contribution in [0.25, 0.3) is 34.3 Å². The Balaban J connectivity index is 1.60. The molecular formula is C22H21ClN6. The third-order valence-electron chi connectivity index (χ3n) is 4.55. The van der Waals surface area contributed by atoms with Crippen LogP contribution in [-0.4, -0.2) is 39.2 Å². The Hall–Kier alpha value is -3.22. The molecule has 3 N–H and O–H groups in total. The lowest BCUT2D eigenvalue weighted by atomic mass is 10.1. The van der Waals surface area contributed by atoms with Crippen molar-refractivity contribution in [2.24, 2.45) is 0 Å². The van der Waals surface area contributed by atoms with E-state index in [-0.39, 0.29) is 5.95 Å². The molecule has 0 aliphatic rings. The lowest BCUT2D eigenvalue weighted by Crippen LogP contribution is -2.10. The van der Waals surface area contributed by atoms with Gasteiger partial charge in [0, 0.05) is 28.7 Å². The molecule has 146 valence electrons. The first-order valence-corrected chi connectivity index (χ1v) is 9.55. The van der Waals surface area contributed by atoms with Gasteiger partial charge in [-0.15, -0.1) is 0 Å². The van der Waals surface area contributed by atoms with Crippen LogP contribution < -0.4 is 5.73 Å². The minimum absolute atomic E-state index is 0.254. The highest BCUT2D eigenvalue weighted by molar-refractivity contribution is 6.32. The molecule has 6 nitrogen and oxygen atoms in total. The number of nitrogens with one attached hydrogen (secondary N) is 1. The highest BCUT2D eigenvalue weighted by Gasteiger charge is 2.07. The third kappa shape index (κ3) is 4.29. The smallest absolute Gasteiger partial charge is 0.220 e. The molecule has 0 bridgehead atoms. The van der Waals surface area contributed by atoms with Crippen LogP contribution in [0.1, 0.15) is 16.8 Å². The van der Waals surface area contributed by atoms with Crippen LogP contribution in [0.15, 0.2) is 48.7 Å². The summed E-state index contributed by atoms with van der Waals surface area (Å²) < 4.78 is 0. The van der Waals surface area contributed by atoms with Crippen molar-refractivity contribution in [3.63, 3.8) is 0 Å². The quantitative estimate of drug-likeness (QED) is 0.512. The SMILES string of the molecule is CN(C)Cc1ccc(/C=C/c2n[nH]c3cc(-c4ccnc(N)n4)ccc23)c(Cl)c1. The molecule has 0 aliphatic carbocycles. The minimum atomic E-state index is 0.254. The molecule has 0 spiro atoms. The minimum Gasteiger partial charge on any atom is -0.368 e. The molecule has 2 heterocycles. The standard InChI is InChI=1S/C22H21ClN6/c1-29(2)13-14-3-4-15(18(23)11-14)6-8-20-17-7-5-16(12-21(17)28-27-20)19-9-10-25-22(24)26-19/h3-12H,13H2,1-2H3,(H,27,28)(H2,24,25,26)/b8-6+. The van der Waals surface area contributed by atoms with Crippen molar-refractivity contribution in [3.05, 3.63) is 70.5 Å². The number of nitrogens with zero attached hydrogens (tertiary/aromatic N) is 4. The van der Waals surface area contributed by atoms with E-state index in [2.05, 4.69) is 31.1 Å². The summed E-state index contributed by atoms with van der Waals surface area (Å²) >= 11 is 6.45. The predicted molar refractivity (Wildman–Crippen MR) is 119 cm³/mol. The Morgan fingerprint density at radius 3 is 2.72 bits per heavy atom. The number of benzene rings is 2. The molecule has 0 aliphatic heterocycles. The van der Waals surface area contributed by atoms with Crippen molar-refractivity contribution in [2.45, 2.75) is 6.54 Å². The largest absolute Gasteiger partial charge is 0.368 e. The summed E-state index contributed by atoms with van der Waals surface area (Å²) in [5.41, 5.74) is 11.3. The van der Waals surface area contributed by atoms with E-state index in [9.17, 15) is 0 Å². The maximum Gasteiger partial charge on any atom is 0.220 e. The second kappa shape index (κ2) is 8.03. The summed E-state index contributed by atoms with van der Waals surface area (Å²) in [5, 5.41) is 9.26. The Morgan fingerprint density at radius 1 is 1.10 bits per heavy atom. The van der Waals surface area contributed by atoms with Gasteiger partial charge in [-0.2, -0.15) is 5.10 Å². The van der Waals surface area contributed by atoms with Gasteiger partial charge in [0.15, 0.2) is 0 Å². The van der Waals surface area contributed by atoms with Gasteiger partial charge in [0.1, 0.15) is 0 Å². The fourth-order valence-corrected chi connectivity index (χ4v) is 3.47. The van der Waals surface area contributed by atoms with Gasteiger partial charge in [-0.1, -0.05) is 35.9 Å². The molecule has 0 unspecified atom stereocenters. The van der Waals surface area contributed by atoms with Crippen molar-refractivity contribution in [1.29, 1.82) is 0 Å². The zero-order valence-electron chi connectivity index (χ0n) is 16.2. The number of hydrogen-bond donors (Lipinski definition) is 2. The molecule has 4 aromatic rings. The summed E-state index contributed by atoms with van der Waals surface area (Å²) in [5.74, 6) is 0.254. The van der Waals surface area contributed by atoms with Crippen LogP contribution in [0.3, 0.4) is 0 Å². The Bertz CT molecular complexity index is 1200. The summed E-state index contributed by atoms with van der Waals surface area (Å²) in [7, 11) is 4.07. The van der Waals surface area contributed by atoms with E-state index in [1.54, 1.807) is 6.20 Å². The van der Waals surface area contributed by atoms with Crippen molar-refractivity contribution in [2.75, 3.05) is 19.8 Å². The zero-order chi connectivity index (χ0) is 20.4. The van der Waals surface area contributed by atoms with Gasteiger partial charge in [-0.05, 0) is 55.6 Å². The maximum absolute atomic E-state index is 6.45. The van der Waals surface area contributed by atoms with E-state index in [0.717, 1.165) is 45.0 Å². The number of anilines is 1. The summed E-state index contributed by atoms with van der Waals surface area (Å²) in [6.07, 6.45) is 5.60. The third-order valence-corrected chi connectivity index (χ3v) is 4.87. The van der Waals surface area contributed by atoms with Gasteiger partial charge in [0.2, 0.25) is 5.95 Å². The Kier molecular flexibility index (Phi) is 5.29. The van der Waals surface area contributed by atoms with Gasteiger partial charge in [-0.3, -0.25) is 5.10 Å². The molecule has 2 aromatic heterocycles. The van der Waals surface area contributed by atoms with Gasteiger partial charge in [0.05, 0.1) is 16.9 Å². The van der Waals surface area contributed by atoms with E-state index < -0.39 is 0 Å². The fourth-order valence-electron chi connectivity index (χ4n) is 3.20.